The highest BCUT2D eigenvalue weighted by molar-refractivity contribution is 8.00. The fourth-order valence-corrected chi connectivity index (χ4v) is 2.68. The van der Waals surface area contributed by atoms with Gasteiger partial charge in [-0.3, -0.25) is 4.79 Å². The van der Waals surface area contributed by atoms with E-state index in [2.05, 4.69) is 5.32 Å². The van der Waals surface area contributed by atoms with Gasteiger partial charge in [0, 0.05) is 9.92 Å². The molecule has 2 aromatic rings. The molecule has 0 fully saturated rings. The summed E-state index contributed by atoms with van der Waals surface area (Å²) in [5.74, 6) is -0.503. The fraction of sp³-hybridized carbons (Fsp3) is 0.0714. The van der Waals surface area contributed by atoms with Crippen molar-refractivity contribution in [2.75, 3.05) is 11.1 Å². The lowest BCUT2D eigenvalue weighted by Crippen LogP contribution is -2.14. The van der Waals surface area contributed by atoms with Gasteiger partial charge in [-0.2, -0.15) is 0 Å². The number of anilines is 1. The van der Waals surface area contributed by atoms with Crippen molar-refractivity contribution in [1.82, 2.24) is 0 Å². The number of hydrogen-bond donors (Lipinski definition) is 1. The quantitative estimate of drug-likeness (QED) is 0.811. The Hall–Kier alpha value is -1.23. The maximum atomic E-state index is 13.4. The van der Waals surface area contributed by atoms with Crippen LogP contribution in [0.25, 0.3) is 0 Å². The molecule has 0 saturated heterocycles. The number of hydrogen-bond acceptors (Lipinski definition) is 2. The number of carbonyl (C=O) groups excluding carboxylic acids is 1. The fourth-order valence-electron chi connectivity index (χ4n) is 1.48. The molecule has 0 radical (unpaired) electrons. The average molecular weight is 330 g/mol. The van der Waals surface area contributed by atoms with E-state index in [4.69, 9.17) is 23.2 Å². The first kappa shape index (κ1) is 15.2. The molecule has 0 atom stereocenters. The van der Waals surface area contributed by atoms with Gasteiger partial charge in [-0.15, -0.1) is 11.8 Å². The van der Waals surface area contributed by atoms with E-state index in [-0.39, 0.29) is 17.5 Å². The Balaban J connectivity index is 1.94. The summed E-state index contributed by atoms with van der Waals surface area (Å²) in [5.41, 5.74) is 0.482. The van der Waals surface area contributed by atoms with Crippen LogP contribution in [0.1, 0.15) is 0 Å². The lowest BCUT2D eigenvalue weighted by molar-refractivity contribution is -0.113. The Kier molecular flexibility index (Phi) is 5.29. The standard InChI is InChI=1S/C14H10Cl2FNOS/c15-9-5-6-12(10(16)7-9)18-14(19)8-20-13-4-2-1-3-11(13)17/h1-7H,8H2,(H,18,19). The predicted octanol–water partition coefficient (Wildman–Crippen LogP) is 4.86. The molecule has 0 aromatic heterocycles. The predicted molar refractivity (Wildman–Crippen MR) is 82.2 cm³/mol. The number of amides is 1. The molecule has 0 bridgehead atoms. The third-order valence-electron chi connectivity index (χ3n) is 2.40. The summed E-state index contributed by atoms with van der Waals surface area (Å²) in [6.07, 6.45) is 0. The van der Waals surface area contributed by atoms with Crippen LogP contribution in [-0.4, -0.2) is 11.7 Å². The van der Waals surface area contributed by atoms with E-state index in [0.29, 0.717) is 20.6 Å². The van der Waals surface area contributed by atoms with Crippen LogP contribution in [-0.2, 0) is 4.79 Å². The molecule has 2 aromatic carbocycles. The van der Waals surface area contributed by atoms with Crippen molar-refractivity contribution in [2.45, 2.75) is 4.90 Å². The third kappa shape index (κ3) is 4.13. The minimum absolute atomic E-state index is 0.0971. The minimum Gasteiger partial charge on any atom is -0.324 e. The average Bonchev–Trinajstić information content (AvgIpc) is 2.41. The molecule has 1 amide bonds. The molecule has 2 rings (SSSR count). The van der Waals surface area contributed by atoms with Crippen molar-refractivity contribution in [1.29, 1.82) is 0 Å². The van der Waals surface area contributed by atoms with Crippen LogP contribution in [0.5, 0.6) is 0 Å². The van der Waals surface area contributed by atoms with Crippen LogP contribution in [0, 0.1) is 5.82 Å². The summed E-state index contributed by atoms with van der Waals surface area (Å²) >= 11 is 12.8. The maximum Gasteiger partial charge on any atom is 0.234 e. The molecule has 0 aliphatic carbocycles. The maximum absolute atomic E-state index is 13.4. The van der Waals surface area contributed by atoms with Crippen LogP contribution in [0.2, 0.25) is 10.0 Å². The summed E-state index contributed by atoms with van der Waals surface area (Å²) in [4.78, 5) is 12.2. The van der Waals surface area contributed by atoms with Crippen LogP contribution in [0.4, 0.5) is 10.1 Å². The van der Waals surface area contributed by atoms with Gasteiger partial charge in [-0.1, -0.05) is 35.3 Å². The van der Waals surface area contributed by atoms with E-state index < -0.39 is 0 Å². The molecule has 20 heavy (non-hydrogen) atoms. The molecular formula is C14H10Cl2FNOS. The zero-order valence-corrected chi connectivity index (χ0v) is 12.5. The smallest absolute Gasteiger partial charge is 0.234 e. The Morgan fingerprint density at radius 2 is 1.95 bits per heavy atom. The molecule has 1 N–H and O–H groups in total. The highest BCUT2D eigenvalue weighted by atomic mass is 35.5. The van der Waals surface area contributed by atoms with Crippen molar-refractivity contribution in [2.24, 2.45) is 0 Å². The summed E-state index contributed by atoms with van der Waals surface area (Å²) in [6.45, 7) is 0. The third-order valence-corrected chi connectivity index (χ3v) is 4.00. The summed E-state index contributed by atoms with van der Waals surface area (Å²) in [6, 6.07) is 11.1. The first-order valence-electron chi connectivity index (χ1n) is 5.68. The monoisotopic (exact) mass is 329 g/mol. The van der Waals surface area contributed by atoms with E-state index >= 15 is 0 Å². The zero-order chi connectivity index (χ0) is 14.5. The number of benzene rings is 2. The minimum atomic E-state index is -0.338. The van der Waals surface area contributed by atoms with Crippen LogP contribution >= 0.6 is 35.0 Å². The molecule has 2 nitrogen and oxygen atoms in total. The van der Waals surface area contributed by atoms with E-state index in [0.717, 1.165) is 11.8 Å². The number of halogens is 3. The van der Waals surface area contributed by atoms with Crippen molar-refractivity contribution in [3.05, 3.63) is 58.3 Å². The van der Waals surface area contributed by atoms with Gasteiger partial charge in [0.05, 0.1) is 16.5 Å². The van der Waals surface area contributed by atoms with Crippen molar-refractivity contribution >= 4 is 46.6 Å². The Morgan fingerprint density at radius 1 is 1.20 bits per heavy atom. The molecule has 0 saturated carbocycles. The first-order chi connectivity index (χ1) is 9.56. The first-order valence-corrected chi connectivity index (χ1v) is 7.42. The molecule has 0 spiro atoms. The van der Waals surface area contributed by atoms with Crippen LogP contribution in [0.3, 0.4) is 0 Å². The van der Waals surface area contributed by atoms with E-state index in [1.165, 1.54) is 6.07 Å². The second-order valence-corrected chi connectivity index (χ2v) is 5.75. The van der Waals surface area contributed by atoms with Gasteiger partial charge < -0.3 is 5.32 Å². The molecule has 6 heteroatoms. The van der Waals surface area contributed by atoms with Crippen molar-refractivity contribution in [3.8, 4) is 0 Å². The van der Waals surface area contributed by atoms with E-state index in [1.54, 1.807) is 36.4 Å². The molecular weight excluding hydrogens is 320 g/mol. The largest absolute Gasteiger partial charge is 0.324 e. The summed E-state index contributed by atoms with van der Waals surface area (Å²) in [7, 11) is 0. The van der Waals surface area contributed by atoms with Crippen molar-refractivity contribution < 1.29 is 9.18 Å². The molecule has 104 valence electrons. The summed E-state index contributed by atoms with van der Waals surface area (Å²) < 4.78 is 13.4. The lowest BCUT2D eigenvalue weighted by atomic mass is 10.3. The highest BCUT2D eigenvalue weighted by Gasteiger charge is 2.08. The van der Waals surface area contributed by atoms with Gasteiger partial charge in [-0.25, -0.2) is 4.39 Å². The van der Waals surface area contributed by atoms with Gasteiger partial charge in [-0.05, 0) is 30.3 Å². The molecule has 0 heterocycles. The zero-order valence-electron chi connectivity index (χ0n) is 10.2. The number of rotatable bonds is 4. The topological polar surface area (TPSA) is 29.1 Å². The summed E-state index contributed by atoms with van der Waals surface area (Å²) in [5, 5.41) is 3.51. The second-order valence-electron chi connectivity index (χ2n) is 3.89. The second kappa shape index (κ2) is 6.97. The highest BCUT2D eigenvalue weighted by Crippen LogP contribution is 2.26. The molecule has 0 aliphatic rings. The Morgan fingerprint density at radius 3 is 2.65 bits per heavy atom. The van der Waals surface area contributed by atoms with Crippen LogP contribution < -0.4 is 5.32 Å². The van der Waals surface area contributed by atoms with Gasteiger partial charge >= 0.3 is 0 Å². The van der Waals surface area contributed by atoms with Crippen molar-refractivity contribution in [3.63, 3.8) is 0 Å². The Labute approximate surface area is 130 Å². The normalized spacial score (nSPS) is 10.3. The number of nitrogens with one attached hydrogen (secondary N) is 1. The number of carbonyl (C=O) groups is 1. The van der Waals surface area contributed by atoms with Gasteiger partial charge in [0.2, 0.25) is 5.91 Å². The molecule has 0 unspecified atom stereocenters. The van der Waals surface area contributed by atoms with E-state index in [9.17, 15) is 9.18 Å². The Bertz CT molecular complexity index is 636. The van der Waals surface area contributed by atoms with Gasteiger partial charge in [0.1, 0.15) is 5.82 Å². The SMILES string of the molecule is O=C(CSc1ccccc1F)Nc1ccc(Cl)cc1Cl. The van der Waals surface area contributed by atoms with Crippen LogP contribution in [0.15, 0.2) is 47.4 Å². The number of thioether (sulfide) groups is 1. The van der Waals surface area contributed by atoms with Gasteiger partial charge in [0.25, 0.3) is 0 Å². The van der Waals surface area contributed by atoms with Gasteiger partial charge in [0.15, 0.2) is 0 Å². The lowest BCUT2D eigenvalue weighted by Gasteiger charge is -2.07. The van der Waals surface area contributed by atoms with E-state index in [1.807, 2.05) is 0 Å². The molecule has 0 aliphatic heterocycles.